The highest BCUT2D eigenvalue weighted by atomic mass is 32.1. The van der Waals surface area contributed by atoms with Crippen molar-refractivity contribution in [2.45, 2.75) is 32.4 Å². The van der Waals surface area contributed by atoms with Gasteiger partial charge < -0.3 is 4.74 Å². The number of carbonyl (C=O) groups is 1. The summed E-state index contributed by atoms with van der Waals surface area (Å²) < 4.78 is 4.72. The van der Waals surface area contributed by atoms with Crippen molar-refractivity contribution in [2.24, 2.45) is 0 Å². The minimum Gasteiger partial charge on any atom is -0.468 e. The molecule has 0 saturated heterocycles. The second-order valence-electron chi connectivity index (χ2n) is 3.39. The smallest absolute Gasteiger partial charge is 0.322 e. The Morgan fingerprint density at radius 3 is 2.87 bits per heavy atom. The number of hydrogen-bond acceptors (Lipinski definition) is 4. The highest BCUT2D eigenvalue weighted by Gasteiger charge is 2.19. The van der Waals surface area contributed by atoms with E-state index in [4.69, 9.17) is 4.74 Å². The van der Waals surface area contributed by atoms with E-state index in [1.807, 2.05) is 18.4 Å². The van der Waals surface area contributed by atoms with Crippen LogP contribution in [0, 0.1) is 0 Å². The van der Waals surface area contributed by atoms with E-state index in [1.54, 1.807) is 11.3 Å². The Bertz CT molecular complexity index is 298. The van der Waals surface area contributed by atoms with E-state index in [9.17, 15) is 4.79 Å². The zero-order valence-corrected chi connectivity index (χ0v) is 10.1. The SMILES string of the molecule is CCC(N[C@H](C)c1cccs1)C(=O)OC. The summed E-state index contributed by atoms with van der Waals surface area (Å²) in [6.07, 6.45) is 0.738. The van der Waals surface area contributed by atoms with Crippen molar-refractivity contribution in [1.29, 1.82) is 0 Å². The molecular formula is C11H17NO2S. The number of ether oxygens (including phenoxy) is 1. The third-order valence-electron chi connectivity index (χ3n) is 2.32. The van der Waals surface area contributed by atoms with E-state index in [0.717, 1.165) is 6.42 Å². The monoisotopic (exact) mass is 227 g/mol. The molecule has 0 aliphatic carbocycles. The van der Waals surface area contributed by atoms with E-state index in [2.05, 4.69) is 18.3 Å². The van der Waals surface area contributed by atoms with E-state index in [-0.39, 0.29) is 18.1 Å². The molecule has 0 fully saturated rings. The summed E-state index contributed by atoms with van der Waals surface area (Å²) in [6.45, 7) is 4.02. The molecule has 1 aromatic heterocycles. The second-order valence-corrected chi connectivity index (χ2v) is 4.37. The average Bonchev–Trinajstić information content (AvgIpc) is 2.77. The van der Waals surface area contributed by atoms with Gasteiger partial charge in [0.15, 0.2) is 0 Å². The second kappa shape index (κ2) is 5.88. The van der Waals surface area contributed by atoms with Crippen molar-refractivity contribution in [2.75, 3.05) is 7.11 Å². The van der Waals surface area contributed by atoms with E-state index >= 15 is 0 Å². The van der Waals surface area contributed by atoms with Crippen LogP contribution >= 0.6 is 11.3 Å². The normalized spacial score (nSPS) is 14.6. The Morgan fingerprint density at radius 2 is 2.40 bits per heavy atom. The number of nitrogens with one attached hydrogen (secondary N) is 1. The molecule has 1 heterocycles. The van der Waals surface area contributed by atoms with E-state index < -0.39 is 0 Å². The summed E-state index contributed by atoms with van der Waals surface area (Å²) in [4.78, 5) is 12.6. The van der Waals surface area contributed by atoms with Gasteiger partial charge in [-0.3, -0.25) is 10.1 Å². The molecule has 1 N–H and O–H groups in total. The van der Waals surface area contributed by atoms with Crippen LogP contribution in [-0.2, 0) is 9.53 Å². The lowest BCUT2D eigenvalue weighted by molar-refractivity contribution is -0.143. The van der Waals surface area contributed by atoms with Gasteiger partial charge in [-0.2, -0.15) is 0 Å². The first kappa shape index (κ1) is 12.2. The topological polar surface area (TPSA) is 38.3 Å². The first-order valence-electron chi connectivity index (χ1n) is 5.06. The van der Waals surface area contributed by atoms with Gasteiger partial charge in [0.1, 0.15) is 6.04 Å². The molecular weight excluding hydrogens is 210 g/mol. The lowest BCUT2D eigenvalue weighted by atomic mass is 10.2. The van der Waals surface area contributed by atoms with Crippen LogP contribution in [0.5, 0.6) is 0 Å². The largest absolute Gasteiger partial charge is 0.468 e. The number of rotatable bonds is 5. The third kappa shape index (κ3) is 3.32. The molecule has 15 heavy (non-hydrogen) atoms. The van der Waals surface area contributed by atoms with Crippen LogP contribution in [-0.4, -0.2) is 19.1 Å². The first-order chi connectivity index (χ1) is 7.19. The Hall–Kier alpha value is -0.870. The molecule has 0 aliphatic heterocycles. The Labute approximate surface area is 94.5 Å². The summed E-state index contributed by atoms with van der Waals surface area (Å²) >= 11 is 1.69. The first-order valence-corrected chi connectivity index (χ1v) is 5.94. The van der Waals surface area contributed by atoms with Gasteiger partial charge in [-0.15, -0.1) is 11.3 Å². The van der Waals surface area contributed by atoms with Gasteiger partial charge in [-0.1, -0.05) is 13.0 Å². The van der Waals surface area contributed by atoms with Crippen LogP contribution in [0.1, 0.15) is 31.2 Å². The molecule has 4 heteroatoms. The van der Waals surface area contributed by atoms with Crippen LogP contribution in [0.15, 0.2) is 17.5 Å². The minimum atomic E-state index is -0.216. The maximum absolute atomic E-state index is 11.4. The maximum Gasteiger partial charge on any atom is 0.322 e. The predicted molar refractivity (Wildman–Crippen MR) is 62.0 cm³/mol. The average molecular weight is 227 g/mol. The summed E-state index contributed by atoms with van der Waals surface area (Å²) in [6, 6.07) is 4.05. The van der Waals surface area contributed by atoms with Crippen molar-refractivity contribution in [1.82, 2.24) is 5.32 Å². The van der Waals surface area contributed by atoms with Crippen LogP contribution in [0.25, 0.3) is 0 Å². The maximum atomic E-state index is 11.4. The van der Waals surface area contributed by atoms with Crippen LogP contribution < -0.4 is 5.32 Å². The van der Waals surface area contributed by atoms with Gasteiger partial charge >= 0.3 is 5.97 Å². The number of carbonyl (C=O) groups excluding carboxylic acids is 1. The quantitative estimate of drug-likeness (QED) is 0.785. The molecule has 0 aromatic carbocycles. The fourth-order valence-corrected chi connectivity index (χ4v) is 2.16. The fourth-order valence-electron chi connectivity index (χ4n) is 1.42. The molecule has 1 rings (SSSR count). The minimum absolute atomic E-state index is 0.189. The van der Waals surface area contributed by atoms with Crippen LogP contribution in [0.2, 0.25) is 0 Å². The summed E-state index contributed by atoms with van der Waals surface area (Å²) in [5.74, 6) is -0.194. The molecule has 2 atom stereocenters. The number of methoxy groups -OCH3 is 1. The van der Waals surface area contributed by atoms with Crippen molar-refractivity contribution in [3.8, 4) is 0 Å². The van der Waals surface area contributed by atoms with Gasteiger partial charge in [0, 0.05) is 10.9 Å². The van der Waals surface area contributed by atoms with Crippen molar-refractivity contribution in [3.05, 3.63) is 22.4 Å². The molecule has 1 aromatic rings. The van der Waals surface area contributed by atoms with Gasteiger partial charge in [0.2, 0.25) is 0 Å². The molecule has 0 aliphatic rings. The van der Waals surface area contributed by atoms with Gasteiger partial charge in [-0.05, 0) is 24.8 Å². The Kier molecular flexibility index (Phi) is 4.78. The number of esters is 1. The molecule has 0 bridgehead atoms. The van der Waals surface area contributed by atoms with Gasteiger partial charge in [-0.25, -0.2) is 0 Å². The third-order valence-corrected chi connectivity index (χ3v) is 3.37. The standard InChI is InChI=1S/C11H17NO2S/c1-4-9(11(13)14-3)12-8(2)10-6-5-7-15-10/h5-9,12H,4H2,1-3H3/t8-,9?/m1/s1. The molecule has 0 saturated carbocycles. The molecule has 1 unspecified atom stereocenters. The molecule has 84 valence electrons. The van der Waals surface area contributed by atoms with Crippen molar-refractivity contribution in [3.63, 3.8) is 0 Å². The van der Waals surface area contributed by atoms with E-state index in [1.165, 1.54) is 12.0 Å². The predicted octanol–water partition coefficient (Wildman–Crippen LogP) is 2.35. The lowest BCUT2D eigenvalue weighted by Crippen LogP contribution is -2.38. The highest BCUT2D eigenvalue weighted by Crippen LogP contribution is 2.19. The molecule has 0 spiro atoms. The zero-order chi connectivity index (χ0) is 11.3. The summed E-state index contributed by atoms with van der Waals surface area (Å²) in [5, 5.41) is 5.29. The van der Waals surface area contributed by atoms with Crippen molar-refractivity contribution >= 4 is 17.3 Å². The summed E-state index contributed by atoms with van der Waals surface area (Å²) in [5.41, 5.74) is 0. The summed E-state index contributed by atoms with van der Waals surface area (Å²) in [7, 11) is 1.42. The zero-order valence-electron chi connectivity index (χ0n) is 9.32. The van der Waals surface area contributed by atoms with Crippen molar-refractivity contribution < 1.29 is 9.53 Å². The molecule has 3 nitrogen and oxygen atoms in total. The van der Waals surface area contributed by atoms with Crippen LogP contribution in [0.3, 0.4) is 0 Å². The van der Waals surface area contributed by atoms with Gasteiger partial charge in [0.05, 0.1) is 7.11 Å². The van der Waals surface area contributed by atoms with E-state index in [0.29, 0.717) is 0 Å². The Morgan fingerprint density at radius 1 is 1.67 bits per heavy atom. The highest BCUT2D eigenvalue weighted by molar-refractivity contribution is 7.10. The fraction of sp³-hybridized carbons (Fsp3) is 0.545. The van der Waals surface area contributed by atoms with Crippen LogP contribution in [0.4, 0.5) is 0 Å². The molecule has 0 radical (unpaired) electrons. The number of hydrogen-bond donors (Lipinski definition) is 1. The molecule has 0 amide bonds. The Balaban J connectivity index is 2.56. The van der Waals surface area contributed by atoms with Gasteiger partial charge in [0.25, 0.3) is 0 Å². The number of thiophene rings is 1. The lowest BCUT2D eigenvalue weighted by Gasteiger charge is -2.19.